The van der Waals surface area contributed by atoms with Crippen molar-refractivity contribution in [3.8, 4) is 0 Å². The van der Waals surface area contributed by atoms with Gasteiger partial charge in [0.15, 0.2) is 0 Å². The molecule has 0 amide bonds. The van der Waals surface area contributed by atoms with Crippen molar-refractivity contribution in [3.63, 3.8) is 0 Å². The Morgan fingerprint density at radius 3 is 2.15 bits per heavy atom. The van der Waals surface area contributed by atoms with Gasteiger partial charge in [-0.05, 0) is 56.2 Å². The van der Waals surface area contributed by atoms with Gasteiger partial charge in [-0.1, -0.05) is 31.0 Å². The number of unbranched alkanes of at least 4 members (excludes halogenated alkanes) is 1. The lowest BCUT2D eigenvalue weighted by atomic mass is 10.2. The fourth-order valence-corrected chi connectivity index (χ4v) is 5.18. The van der Waals surface area contributed by atoms with Crippen molar-refractivity contribution in [3.05, 3.63) is 53.6 Å². The summed E-state index contributed by atoms with van der Waals surface area (Å²) in [5.41, 5.74) is 1.94. The number of sulfonamides is 2. The van der Waals surface area contributed by atoms with Crippen molar-refractivity contribution in [2.75, 3.05) is 18.3 Å². The number of hydrogen-bond acceptors (Lipinski definition) is 4. The van der Waals surface area contributed by atoms with Crippen molar-refractivity contribution in [1.82, 2.24) is 4.31 Å². The molecule has 0 aliphatic heterocycles. The second-order valence-corrected chi connectivity index (χ2v) is 10.3. The lowest BCUT2D eigenvalue weighted by molar-refractivity contribution is 0.459. The maximum atomic E-state index is 12.6. The van der Waals surface area contributed by atoms with E-state index in [1.165, 1.54) is 28.6 Å². The van der Waals surface area contributed by atoms with Crippen molar-refractivity contribution in [2.24, 2.45) is 0 Å². The van der Waals surface area contributed by atoms with E-state index in [1.54, 1.807) is 32.2 Å². The average Bonchev–Trinajstić information content (AvgIpc) is 2.59. The molecule has 0 saturated carbocycles. The number of benzene rings is 2. The number of aryl methyl sites for hydroxylation is 2. The first-order valence-corrected chi connectivity index (χ1v) is 11.7. The molecular weight excluding hydrogens is 384 g/mol. The molecule has 6 nitrogen and oxygen atoms in total. The van der Waals surface area contributed by atoms with Gasteiger partial charge in [-0.25, -0.2) is 21.1 Å². The standard InChI is InChI=1S/C19H26N2O4S2/c1-5-6-13-21(4)27(24,25)18-10-8-17(9-11-18)20-26(22,23)19-12-7-15(2)14-16(19)3/h7-12,14,20H,5-6,13H2,1-4H3. The summed E-state index contributed by atoms with van der Waals surface area (Å²) in [5.74, 6) is 0. The smallest absolute Gasteiger partial charge is 0.262 e. The summed E-state index contributed by atoms with van der Waals surface area (Å²) >= 11 is 0. The quantitative estimate of drug-likeness (QED) is 0.722. The molecule has 2 rings (SSSR count). The molecule has 0 fully saturated rings. The van der Waals surface area contributed by atoms with Crippen molar-refractivity contribution in [1.29, 1.82) is 0 Å². The van der Waals surface area contributed by atoms with Crippen LogP contribution in [0.3, 0.4) is 0 Å². The summed E-state index contributed by atoms with van der Waals surface area (Å²) in [4.78, 5) is 0.333. The van der Waals surface area contributed by atoms with Gasteiger partial charge in [-0.2, -0.15) is 0 Å². The topological polar surface area (TPSA) is 83.6 Å². The van der Waals surface area contributed by atoms with E-state index in [2.05, 4.69) is 4.72 Å². The van der Waals surface area contributed by atoms with E-state index in [9.17, 15) is 16.8 Å². The average molecular weight is 411 g/mol. The molecule has 0 bridgehead atoms. The summed E-state index contributed by atoms with van der Waals surface area (Å²) in [7, 11) is -5.78. The maximum Gasteiger partial charge on any atom is 0.262 e. The Morgan fingerprint density at radius 2 is 1.59 bits per heavy atom. The maximum absolute atomic E-state index is 12.6. The van der Waals surface area contributed by atoms with Gasteiger partial charge < -0.3 is 0 Å². The summed E-state index contributed by atoms with van der Waals surface area (Å²) in [6.45, 7) is 6.08. The zero-order valence-corrected chi connectivity index (χ0v) is 17.7. The van der Waals surface area contributed by atoms with Gasteiger partial charge >= 0.3 is 0 Å². The molecule has 0 aromatic heterocycles. The number of hydrogen-bond donors (Lipinski definition) is 1. The number of nitrogens with one attached hydrogen (secondary N) is 1. The predicted octanol–water partition coefficient (Wildman–Crippen LogP) is 3.52. The van der Waals surface area contributed by atoms with E-state index in [4.69, 9.17) is 0 Å². The highest BCUT2D eigenvalue weighted by molar-refractivity contribution is 7.92. The van der Waals surface area contributed by atoms with E-state index < -0.39 is 20.0 Å². The molecule has 0 radical (unpaired) electrons. The van der Waals surface area contributed by atoms with Gasteiger partial charge in [0.25, 0.3) is 10.0 Å². The van der Waals surface area contributed by atoms with E-state index >= 15 is 0 Å². The lowest BCUT2D eigenvalue weighted by Gasteiger charge is -2.17. The van der Waals surface area contributed by atoms with Crippen LogP contribution in [-0.4, -0.2) is 34.7 Å². The molecule has 27 heavy (non-hydrogen) atoms. The zero-order valence-electron chi connectivity index (χ0n) is 16.1. The number of anilines is 1. The van der Waals surface area contributed by atoms with Crippen LogP contribution >= 0.6 is 0 Å². The fourth-order valence-electron chi connectivity index (χ4n) is 2.69. The first-order chi connectivity index (χ1) is 12.6. The van der Waals surface area contributed by atoms with E-state index in [0.717, 1.165) is 18.4 Å². The second kappa shape index (κ2) is 8.41. The van der Waals surface area contributed by atoms with Gasteiger partial charge in [0.2, 0.25) is 10.0 Å². The Hall–Kier alpha value is -1.90. The minimum Gasteiger partial charge on any atom is -0.280 e. The third kappa shape index (κ3) is 5.09. The van der Waals surface area contributed by atoms with Crippen LogP contribution in [0.25, 0.3) is 0 Å². The third-order valence-corrected chi connectivity index (χ3v) is 7.67. The Balaban J connectivity index is 2.22. The van der Waals surface area contributed by atoms with Crippen LogP contribution in [-0.2, 0) is 20.0 Å². The zero-order chi connectivity index (χ0) is 20.2. The van der Waals surface area contributed by atoms with Gasteiger partial charge in [0, 0.05) is 19.3 Å². The molecule has 0 aliphatic rings. The van der Waals surface area contributed by atoms with Crippen molar-refractivity contribution >= 4 is 25.7 Å². The van der Waals surface area contributed by atoms with E-state index in [1.807, 2.05) is 13.8 Å². The first-order valence-electron chi connectivity index (χ1n) is 8.74. The molecular formula is C19H26N2O4S2. The summed E-state index contributed by atoms with van der Waals surface area (Å²) < 4.78 is 54.1. The van der Waals surface area contributed by atoms with Crippen molar-refractivity contribution < 1.29 is 16.8 Å². The number of rotatable bonds is 8. The van der Waals surface area contributed by atoms with E-state index in [-0.39, 0.29) is 9.79 Å². The van der Waals surface area contributed by atoms with Crippen LogP contribution in [0.5, 0.6) is 0 Å². The monoisotopic (exact) mass is 410 g/mol. The molecule has 148 valence electrons. The highest BCUT2D eigenvalue weighted by atomic mass is 32.2. The molecule has 2 aromatic rings. The summed E-state index contributed by atoms with van der Waals surface area (Å²) in [6.07, 6.45) is 1.68. The Labute approximate surface area is 162 Å². The van der Waals surface area contributed by atoms with E-state index in [0.29, 0.717) is 17.8 Å². The van der Waals surface area contributed by atoms with Gasteiger partial charge in [0.1, 0.15) is 0 Å². The summed E-state index contributed by atoms with van der Waals surface area (Å²) in [5, 5.41) is 0. The molecule has 1 N–H and O–H groups in total. The fraction of sp³-hybridized carbons (Fsp3) is 0.368. The minimum absolute atomic E-state index is 0.135. The van der Waals surface area contributed by atoms with Crippen LogP contribution < -0.4 is 4.72 Å². The predicted molar refractivity (Wildman–Crippen MR) is 108 cm³/mol. The lowest BCUT2D eigenvalue weighted by Crippen LogP contribution is -2.27. The molecule has 0 unspecified atom stereocenters. The molecule has 0 saturated heterocycles. The molecule has 0 atom stereocenters. The third-order valence-electron chi connectivity index (χ3n) is 4.26. The minimum atomic E-state index is -3.75. The van der Waals surface area contributed by atoms with Crippen LogP contribution in [0.1, 0.15) is 30.9 Å². The second-order valence-electron chi connectivity index (χ2n) is 6.58. The number of nitrogens with zero attached hydrogens (tertiary/aromatic N) is 1. The largest absolute Gasteiger partial charge is 0.280 e. The molecule has 0 spiro atoms. The molecule has 0 heterocycles. The highest BCUT2D eigenvalue weighted by Crippen LogP contribution is 2.22. The molecule has 0 aliphatic carbocycles. The Kier molecular flexibility index (Phi) is 6.67. The van der Waals surface area contributed by atoms with Crippen LogP contribution in [0.15, 0.2) is 52.3 Å². The first kappa shape index (κ1) is 21.4. The molecule has 8 heteroatoms. The van der Waals surface area contributed by atoms with Crippen LogP contribution in [0.2, 0.25) is 0 Å². The summed E-state index contributed by atoms with van der Waals surface area (Å²) in [6, 6.07) is 10.9. The Bertz CT molecular complexity index is 999. The highest BCUT2D eigenvalue weighted by Gasteiger charge is 2.21. The SMILES string of the molecule is CCCCN(C)S(=O)(=O)c1ccc(NS(=O)(=O)c2ccc(C)cc2C)cc1. The van der Waals surface area contributed by atoms with Gasteiger partial charge in [0.05, 0.1) is 9.79 Å². The van der Waals surface area contributed by atoms with Crippen LogP contribution in [0.4, 0.5) is 5.69 Å². The van der Waals surface area contributed by atoms with Crippen molar-refractivity contribution in [2.45, 2.75) is 43.4 Å². The Morgan fingerprint density at radius 1 is 0.963 bits per heavy atom. The van der Waals surface area contributed by atoms with Crippen LogP contribution in [0, 0.1) is 13.8 Å². The molecule has 2 aromatic carbocycles. The normalized spacial score (nSPS) is 12.3. The van der Waals surface area contributed by atoms with Gasteiger partial charge in [-0.3, -0.25) is 4.72 Å². The van der Waals surface area contributed by atoms with Gasteiger partial charge in [-0.15, -0.1) is 0 Å².